The molecular weight excluding hydrogens is 328 g/mol. The highest BCUT2D eigenvalue weighted by Gasteiger charge is 2.26. The second kappa shape index (κ2) is 6.25. The zero-order chi connectivity index (χ0) is 14.0. The first kappa shape index (κ1) is 14.8. The Balaban J connectivity index is 2.05. The van der Waals surface area contributed by atoms with Crippen LogP contribution in [0, 0.1) is 5.92 Å². The van der Waals surface area contributed by atoms with E-state index in [-0.39, 0.29) is 11.9 Å². The minimum absolute atomic E-state index is 0.0617. The van der Waals surface area contributed by atoms with Crippen molar-refractivity contribution in [1.82, 2.24) is 4.90 Å². The minimum Gasteiger partial charge on any atom is -0.339 e. The molecule has 1 saturated heterocycles. The lowest BCUT2D eigenvalue weighted by atomic mass is 9.90. The number of nitrogens with zero attached hydrogens (tertiary/aromatic N) is 1. The first-order valence-corrected chi connectivity index (χ1v) is 7.66. The number of carbonyl (C=O) groups excluding carboxylic acids is 1. The maximum atomic E-state index is 12.4. The number of hydrogen-bond donors (Lipinski definition) is 1. The summed E-state index contributed by atoms with van der Waals surface area (Å²) in [6.07, 6.45) is 1.96. The van der Waals surface area contributed by atoms with Crippen LogP contribution >= 0.6 is 27.5 Å². The summed E-state index contributed by atoms with van der Waals surface area (Å²) in [4.78, 5) is 14.3. The van der Waals surface area contributed by atoms with Crippen LogP contribution in [0.25, 0.3) is 0 Å². The van der Waals surface area contributed by atoms with Crippen LogP contribution in [0.2, 0.25) is 5.02 Å². The zero-order valence-corrected chi connectivity index (χ0v) is 13.2. The summed E-state index contributed by atoms with van der Waals surface area (Å²) in [6, 6.07) is 5.48. The van der Waals surface area contributed by atoms with Crippen LogP contribution in [0.4, 0.5) is 0 Å². The summed E-state index contributed by atoms with van der Waals surface area (Å²) >= 11 is 9.29. The van der Waals surface area contributed by atoms with Gasteiger partial charge >= 0.3 is 0 Å². The number of halogens is 2. The number of amides is 1. The molecule has 1 aromatic carbocycles. The summed E-state index contributed by atoms with van der Waals surface area (Å²) in [5, 5.41) is 0.624. The highest BCUT2D eigenvalue weighted by atomic mass is 79.9. The molecule has 104 valence electrons. The number of piperidine rings is 1. The molecule has 1 amide bonds. The van der Waals surface area contributed by atoms with E-state index in [1.54, 1.807) is 18.2 Å². The van der Waals surface area contributed by atoms with Crippen LogP contribution in [-0.4, -0.2) is 29.9 Å². The maximum Gasteiger partial charge on any atom is 0.254 e. The van der Waals surface area contributed by atoms with Gasteiger partial charge in [0.05, 0.1) is 5.56 Å². The Hall–Kier alpha value is -0.580. The van der Waals surface area contributed by atoms with E-state index in [1.165, 1.54) is 0 Å². The molecule has 1 unspecified atom stereocenters. The molecule has 1 aromatic rings. The van der Waals surface area contributed by atoms with Gasteiger partial charge in [-0.3, -0.25) is 4.79 Å². The normalized spacial score (nSPS) is 18.4. The Labute approximate surface area is 127 Å². The second-order valence-corrected chi connectivity index (χ2v) is 6.40. The fraction of sp³-hybridized carbons (Fsp3) is 0.500. The fourth-order valence-electron chi connectivity index (χ4n) is 2.46. The van der Waals surface area contributed by atoms with Crippen LogP contribution < -0.4 is 5.73 Å². The van der Waals surface area contributed by atoms with Crippen LogP contribution in [0.1, 0.15) is 30.1 Å². The van der Waals surface area contributed by atoms with Crippen molar-refractivity contribution >= 4 is 33.4 Å². The van der Waals surface area contributed by atoms with Crippen molar-refractivity contribution in [2.75, 3.05) is 13.1 Å². The largest absolute Gasteiger partial charge is 0.339 e. The van der Waals surface area contributed by atoms with Crippen molar-refractivity contribution in [3.8, 4) is 0 Å². The van der Waals surface area contributed by atoms with E-state index < -0.39 is 0 Å². The van der Waals surface area contributed by atoms with E-state index in [4.69, 9.17) is 17.3 Å². The zero-order valence-electron chi connectivity index (χ0n) is 10.9. The molecule has 0 aliphatic carbocycles. The predicted octanol–water partition coefficient (Wildman–Crippen LogP) is 3.30. The Kier molecular flexibility index (Phi) is 4.87. The average Bonchev–Trinajstić information content (AvgIpc) is 2.38. The summed E-state index contributed by atoms with van der Waals surface area (Å²) < 4.78 is 0.749. The number of nitrogens with two attached hydrogens (primary N) is 1. The van der Waals surface area contributed by atoms with Gasteiger partial charge in [-0.15, -0.1) is 0 Å². The molecule has 0 saturated carbocycles. The van der Waals surface area contributed by atoms with Crippen molar-refractivity contribution < 1.29 is 4.79 Å². The topological polar surface area (TPSA) is 46.3 Å². The first-order valence-electron chi connectivity index (χ1n) is 6.49. The van der Waals surface area contributed by atoms with Crippen LogP contribution in [0.3, 0.4) is 0 Å². The lowest BCUT2D eigenvalue weighted by molar-refractivity contribution is 0.0680. The third-order valence-electron chi connectivity index (χ3n) is 3.73. The average molecular weight is 346 g/mol. The molecule has 2 N–H and O–H groups in total. The van der Waals surface area contributed by atoms with Crippen LogP contribution in [0.5, 0.6) is 0 Å². The Morgan fingerprint density at radius 1 is 1.47 bits per heavy atom. The van der Waals surface area contributed by atoms with Crippen molar-refractivity contribution in [1.29, 1.82) is 0 Å². The summed E-state index contributed by atoms with van der Waals surface area (Å²) in [5.74, 6) is 0.587. The molecule has 0 bridgehead atoms. The quantitative estimate of drug-likeness (QED) is 0.894. The minimum atomic E-state index is 0.0617. The van der Waals surface area contributed by atoms with Gasteiger partial charge in [0.25, 0.3) is 5.91 Å². The van der Waals surface area contributed by atoms with Crippen molar-refractivity contribution in [3.63, 3.8) is 0 Å². The summed E-state index contributed by atoms with van der Waals surface area (Å²) in [7, 11) is 0. The van der Waals surface area contributed by atoms with Gasteiger partial charge in [0.1, 0.15) is 0 Å². The van der Waals surface area contributed by atoms with Crippen LogP contribution in [-0.2, 0) is 0 Å². The van der Waals surface area contributed by atoms with E-state index >= 15 is 0 Å². The van der Waals surface area contributed by atoms with Gasteiger partial charge in [-0.1, -0.05) is 11.6 Å². The van der Waals surface area contributed by atoms with Gasteiger partial charge in [0.15, 0.2) is 0 Å². The van der Waals surface area contributed by atoms with E-state index in [0.29, 0.717) is 16.5 Å². The number of likely N-dealkylation sites (tertiary alicyclic amines) is 1. The SMILES string of the molecule is CC(N)C1CCN(C(=O)c2ccc(Cl)cc2Br)CC1. The van der Waals surface area contributed by atoms with Gasteiger partial charge in [-0.2, -0.15) is 0 Å². The molecule has 1 atom stereocenters. The van der Waals surface area contributed by atoms with Gasteiger partial charge in [-0.05, 0) is 59.8 Å². The van der Waals surface area contributed by atoms with E-state index in [2.05, 4.69) is 15.9 Å². The molecular formula is C14H18BrClN2O. The number of hydrogen-bond acceptors (Lipinski definition) is 2. The number of benzene rings is 1. The number of carbonyl (C=O) groups is 1. The maximum absolute atomic E-state index is 12.4. The molecule has 1 aliphatic rings. The molecule has 0 spiro atoms. The Morgan fingerprint density at radius 2 is 2.11 bits per heavy atom. The van der Waals surface area contributed by atoms with E-state index in [9.17, 15) is 4.79 Å². The summed E-state index contributed by atoms with van der Waals surface area (Å²) in [6.45, 7) is 3.60. The van der Waals surface area contributed by atoms with Crippen LogP contribution in [0.15, 0.2) is 22.7 Å². The molecule has 19 heavy (non-hydrogen) atoms. The molecule has 0 aromatic heterocycles. The van der Waals surface area contributed by atoms with E-state index in [1.807, 2.05) is 11.8 Å². The second-order valence-electron chi connectivity index (χ2n) is 5.11. The summed E-state index contributed by atoms with van der Waals surface area (Å²) in [5.41, 5.74) is 6.58. The predicted molar refractivity (Wildman–Crippen MR) is 81.4 cm³/mol. The molecule has 3 nitrogen and oxygen atoms in total. The van der Waals surface area contributed by atoms with Crippen molar-refractivity contribution in [2.24, 2.45) is 11.7 Å². The fourth-order valence-corrected chi connectivity index (χ4v) is 3.31. The molecule has 0 radical (unpaired) electrons. The molecule has 1 aliphatic heterocycles. The van der Waals surface area contributed by atoms with Crippen molar-refractivity contribution in [3.05, 3.63) is 33.3 Å². The van der Waals surface area contributed by atoms with Crippen molar-refractivity contribution in [2.45, 2.75) is 25.8 Å². The van der Waals surface area contributed by atoms with E-state index in [0.717, 1.165) is 30.4 Å². The molecule has 5 heteroatoms. The third-order valence-corrected chi connectivity index (χ3v) is 4.62. The third kappa shape index (κ3) is 3.50. The van der Waals surface area contributed by atoms with Gasteiger partial charge in [0.2, 0.25) is 0 Å². The van der Waals surface area contributed by atoms with Gasteiger partial charge in [-0.25, -0.2) is 0 Å². The smallest absolute Gasteiger partial charge is 0.254 e. The Bertz CT molecular complexity index is 471. The first-order chi connectivity index (χ1) is 8.99. The highest BCUT2D eigenvalue weighted by Crippen LogP contribution is 2.25. The lowest BCUT2D eigenvalue weighted by Crippen LogP contribution is -2.42. The van der Waals surface area contributed by atoms with Gasteiger partial charge < -0.3 is 10.6 Å². The number of rotatable bonds is 2. The molecule has 1 fully saturated rings. The highest BCUT2D eigenvalue weighted by molar-refractivity contribution is 9.10. The lowest BCUT2D eigenvalue weighted by Gasteiger charge is -2.34. The standard InChI is InChI=1S/C14H18BrClN2O/c1-9(17)10-4-6-18(7-5-10)14(19)12-3-2-11(16)8-13(12)15/h2-3,8-10H,4-7,17H2,1H3. The molecule has 1 heterocycles. The Morgan fingerprint density at radius 3 is 2.63 bits per heavy atom. The molecule has 2 rings (SSSR count). The monoisotopic (exact) mass is 344 g/mol. The van der Waals surface area contributed by atoms with Gasteiger partial charge in [0, 0.05) is 28.6 Å².